The molecule has 0 spiro atoms. The number of thioether (sulfide) groups is 1. The number of nitrogens with zero attached hydrogens (tertiary/aromatic N) is 1. The van der Waals surface area contributed by atoms with E-state index in [1.807, 2.05) is 13.1 Å². The van der Waals surface area contributed by atoms with Crippen LogP contribution in [-0.4, -0.2) is 87.9 Å². The molecule has 5 unspecified atom stereocenters. The Labute approximate surface area is 190 Å². The molecule has 0 aromatic carbocycles. The zero-order valence-electron chi connectivity index (χ0n) is 19.1. The van der Waals surface area contributed by atoms with Crippen molar-refractivity contribution in [3.05, 3.63) is 12.7 Å². The molecule has 0 bridgehead atoms. The first-order chi connectivity index (χ1) is 14.8. The molecule has 178 valence electrons. The lowest BCUT2D eigenvalue weighted by Crippen LogP contribution is -2.66. The molecule has 1 aliphatic carbocycles. The van der Waals surface area contributed by atoms with Gasteiger partial charge < -0.3 is 25.4 Å². The van der Waals surface area contributed by atoms with E-state index in [2.05, 4.69) is 23.7 Å². The Morgan fingerprint density at radius 2 is 1.97 bits per heavy atom. The molecular formula is C23H40N2O5S. The number of amides is 1. The molecule has 2 saturated heterocycles. The van der Waals surface area contributed by atoms with Crippen LogP contribution in [0.5, 0.6) is 0 Å². The van der Waals surface area contributed by atoms with Crippen LogP contribution in [0.3, 0.4) is 0 Å². The maximum atomic E-state index is 13.4. The Kier molecular flexibility index (Phi) is 8.49. The molecule has 2 heterocycles. The quantitative estimate of drug-likeness (QED) is 0.411. The van der Waals surface area contributed by atoms with Gasteiger partial charge in [-0.2, -0.15) is 0 Å². The van der Waals surface area contributed by atoms with Crippen LogP contribution >= 0.6 is 11.8 Å². The second-order valence-corrected chi connectivity index (χ2v) is 10.6. The van der Waals surface area contributed by atoms with Gasteiger partial charge in [-0.15, -0.1) is 18.3 Å². The number of likely N-dealkylation sites (N-methyl/N-ethyl adjacent to an activating group) is 1. The molecule has 2 aliphatic heterocycles. The van der Waals surface area contributed by atoms with Crippen molar-refractivity contribution in [1.82, 2.24) is 10.2 Å². The second-order valence-electron chi connectivity index (χ2n) is 9.65. The summed E-state index contributed by atoms with van der Waals surface area (Å²) in [7, 11) is 1.99. The van der Waals surface area contributed by atoms with Gasteiger partial charge in [0.05, 0.1) is 12.1 Å². The molecule has 0 aromatic heterocycles. The molecule has 0 aromatic rings. The lowest BCUT2D eigenvalue weighted by Gasteiger charge is -2.48. The minimum absolute atomic E-state index is 0.0589. The molecule has 3 fully saturated rings. The number of hydrogen-bond donors (Lipinski definition) is 4. The van der Waals surface area contributed by atoms with Crippen molar-refractivity contribution in [2.24, 2.45) is 11.3 Å². The maximum absolute atomic E-state index is 13.4. The molecular weight excluding hydrogens is 416 g/mol. The largest absolute Gasteiger partial charge is 0.388 e. The van der Waals surface area contributed by atoms with E-state index >= 15 is 0 Å². The van der Waals surface area contributed by atoms with Crippen LogP contribution in [0, 0.1) is 11.3 Å². The summed E-state index contributed by atoms with van der Waals surface area (Å²) in [5.74, 6) is 0.453. The normalized spacial score (nSPS) is 39.4. The van der Waals surface area contributed by atoms with Crippen LogP contribution in [0.2, 0.25) is 0 Å². The summed E-state index contributed by atoms with van der Waals surface area (Å²) in [4.78, 5) is 15.6. The van der Waals surface area contributed by atoms with Gasteiger partial charge in [-0.05, 0) is 44.9 Å². The number of likely N-dealkylation sites (tertiary alicyclic amines) is 1. The number of rotatable bonds is 8. The Hall–Kier alpha value is -0.640. The number of aliphatic hydroxyl groups excluding tert-OH is 3. The number of ether oxygens (including phenoxy) is 1. The Morgan fingerprint density at radius 1 is 1.29 bits per heavy atom. The van der Waals surface area contributed by atoms with Crippen molar-refractivity contribution < 1.29 is 24.9 Å². The minimum atomic E-state index is -1.33. The number of carbonyl (C=O) groups excluding carboxylic acids is 1. The van der Waals surface area contributed by atoms with Crippen molar-refractivity contribution in [2.75, 3.05) is 19.8 Å². The van der Waals surface area contributed by atoms with Crippen molar-refractivity contribution in [3.8, 4) is 0 Å². The van der Waals surface area contributed by atoms with Crippen LogP contribution in [-0.2, 0) is 9.53 Å². The average Bonchev–Trinajstić information content (AvgIpc) is 3.38. The molecule has 8 atom stereocenters. The molecule has 3 rings (SSSR count). The van der Waals surface area contributed by atoms with Gasteiger partial charge >= 0.3 is 0 Å². The van der Waals surface area contributed by atoms with Gasteiger partial charge in [-0.25, -0.2) is 0 Å². The van der Waals surface area contributed by atoms with Gasteiger partial charge in [0.25, 0.3) is 0 Å². The Balaban J connectivity index is 1.85. The molecule has 1 saturated carbocycles. The van der Waals surface area contributed by atoms with Crippen LogP contribution in [0.15, 0.2) is 12.7 Å². The van der Waals surface area contributed by atoms with E-state index < -0.39 is 41.3 Å². The first kappa shape index (κ1) is 25.0. The van der Waals surface area contributed by atoms with Gasteiger partial charge in [0, 0.05) is 12.0 Å². The van der Waals surface area contributed by atoms with E-state index in [4.69, 9.17) is 4.74 Å². The molecule has 1 amide bonds. The van der Waals surface area contributed by atoms with Crippen LogP contribution < -0.4 is 5.32 Å². The zero-order chi connectivity index (χ0) is 22.8. The SMILES string of the molecule is C=CC1([C@@H](NC(=O)[C@@H]2C[C@@H](CCC)CN2C)C2OC(SC)C(O)C(O)C2O)CCCC1. The topological polar surface area (TPSA) is 102 Å². The van der Waals surface area contributed by atoms with Gasteiger partial charge in [0.15, 0.2) is 0 Å². The van der Waals surface area contributed by atoms with E-state index in [1.54, 1.807) is 6.26 Å². The second kappa shape index (κ2) is 10.5. The summed E-state index contributed by atoms with van der Waals surface area (Å²) in [6, 6.07) is -0.736. The van der Waals surface area contributed by atoms with Crippen molar-refractivity contribution in [2.45, 2.75) is 93.8 Å². The summed E-state index contributed by atoms with van der Waals surface area (Å²) >= 11 is 1.29. The number of carbonyl (C=O) groups is 1. The third-order valence-corrected chi connectivity index (χ3v) is 8.51. The predicted octanol–water partition coefficient (Wildman–Crippen LogP) is 1.51. The van der Waals surface area contributed by atoms with Gasteiger partial charge in [0.2, 0.25) is 5.91 Å². The molecule has 0 radical (unpaired) electrons. The van der Waals surface area contributed by atoms with Crippen molar-refractivity contribution >= 4 is 17.7 Å². The molecule has 4 N–H and O–H groups in total. The first-order valence-corrected chi connectivity index (χ1v) is 12.9. The third kappa shape index (κ3) is 4.99. The van der Waals surface area contributed by atoms with E-state index in [-0.39, 0.29) is 11.9 Å². The van der Waals surface area contributed by atoms with Crippen molar-refractivity contribution in [1.29, 1.82) is 0 Å². The van der Waals surface area contributed by atoms with E-state index in [0.717, 1.165) is 51.5 Å². The fraction of sp³-hybridized carbons (Fsp3) is 0.870. The summed E-state index contributed by atoms with van der Waals surface area (Å²) in [6.07, 6.45) is 5.81. The fourth-order valence-corrected chi connectivity index (χ4v) is 6.53. The molecule has 31 heavy (non-hydrogen) atoms. The molecule has 7 nitrogen and oxygen atoms in total. The van der Waals surface area contributed by atoms with E-state index in [1.165, 1.54) is 11.8 Å². The third-order valence-electron chi connectivity index (χ3n) is 7.66. The maximum Gasteiger partial charge on any atom is 0.237 e. The Morgan fingerprint density at radius 3 is 2.55 bits per heavy atom. The van der Waals surface area contributed by atoms with Crippen LogP contribution in [0.25, 0.3) is 0 Å². The first-order valence-electron chi connectivity index (χ1n) is 11.6. The Bertz CT molecular complexity index is 627. The highest BCUT2D eigenvalue weighted by Crippen LogP contribution is 2.46. The van der Waals surface area contributed by atoms with E-state index in [0.29, 0.717) is 5.92 Å². The summed E-state index contributed by atoms with van der Waals surface area (Å²) in [5, 5.41) is 34.9. The van der Waals surface area contributed by atoms with Crippen molar-refractivity contribution in [3.63, 3.8) is 0 Å². The number of aliphatic hydroxyl groups is 3. The van der Waals surface area contributed by atoms with Crippen LogP contribution in [0.4, 0.5) is 0 Å². The highest BCUT2D eigenvalue weighted by Gasteiger charge is 2.53. The highest BCUT2D eigenvalue weighted by molar-refractivity contribution is 7.99. The van der Waals surface area contributed by atoms with Gasteiger partial charge in [-0.3, -0.25) is 9.69 Å². The minimum Gasteiger partial charge on any atom is -0.388 e. The smallest absolute Gasteiger partial charge is 0.237 e. The highest BCUT2D eigenvalue weighted by atomic mass is 32.2. The zero-order valence-corrected chi connectivity index (χ0v) is 19.9. The summed E-state index contributed by atoms with van der Waals surface area (Å²) < 4.78 is 6.11. The lowest BCUT2D eigenvalue weighted by molar-refractivity contribution is -0.211. The molecule has 3 aliphatic rings. The lowest BCUT2D eigenvalue weighted by atomic mass is 9.73. The summed E-state index contributed by atoms with van der Waals surface area (Å²) in [5.41, 5.74) is -1.08. The summed E-state index contributed by atoms with van der Waals surface area (Å²) in [6.45, 7) is 7.14. The monoisotopic (exact) mass is 456 g/mol. The standard InChI is InChI=1S/C23H40N2O5S/c1-5-9-14-12-15(25(3)13-14)21(29)24-20(23(6-2)10-7-8-11-23)19-17(27)16(26)18(28)22(30-19)31-4/h6,14-20,22,26-28H,2,5,7-13H2,1,3-4H3,(H,24,29)/t14-,15+,16?,17?,18?,19?,20+,22?/m1/s1. The fourth-order valence-electron chi connectivity index (χ4n) is 5.85. The molecule has 8 heteroatoms. The number of nitrogens with one attached hydrogen (secondary N) is 1. The van der Waals surface area contributed by atoms with E-state index in [9.17, 15) is 20.1 Å². The van der Waals surface area contributed by atoms with Crippen LogP contribution in [0.1, 0.15) is 51.9 Å². The van der Waals surface area contributed by atoms with Gasteiger partial charge in [0.1, 0.15) is 29.9 Å². The predicted molar refractivity (Wildman–Crippen MR) is 123 cm³/mol. The average molecular weight is 457 g/mol. The number of hydrogen-bond acceptors (Lipinski definition) is 7. The van der Waals surface area contributed by atoms with Gasteiger partial charge in [-0.1, -0.05) is 32.3 Å².